The van der Waals surface area contributed by atoms with Crippen LogP contribution in [0.15, 0.2) is 30.3 Å². The number of piperidine rings is 1. The van der Waals surface area contributed by atoms with Gasteiger partial charge in [0.05, 0.1) is 24.8 Å². The number of hydrogen-bond donors (Lipinski definition) is 1. The summed E-state index contributed by atoms with van der Waals surface area (Å²) in [4.78, 5) is 13.8. The average molecular weight is 381 g/mol. The summed E-state index contributed by atoms with van der Waals surface area (Å²) in [5.41, 5.74) is 4.25. The monoisotopic (exact) mass is 380 g/mol. The van der Waals surface area contributed by atoms with E-state index in [0.717, 1.165) is 32.2 Å². The predicted molar refractivity (Wildman–Crippen MR) is 101 cm³/mol. The number of hydrogen-bond acceptors (Lipinski definition) is 5. The highest BCUT2D eigenvalue weighted by Gasteiger charge is 2.36. The van der Waals surface area contributed by atoms with Gasteiger partial charge in [-0.2, -0.15) is 5.48 Å². The lowest BCUT2D eigenvalue weighted by atomic mass is 9.77. The molecule has 0 spiro atoms. The van der Waals surface area contributed by atoms with E-state index in [4.69, 9.17) is 9.02 Å². The van der Waals surface area contributed by atoms with Crippen LogP contribution in [0.2, 0.25) is 0 Å². The Morgan fingerprint density at radius 1 is 1.31 bits per heavy atom. The Morgan fingerprint density at radius 3 is 2.69 bits per heavy atom. The topological polar surface area (TPSA) is 67.9 Å². The van der Waals surface area contributed by atoms with Crippen LogP contribution in [0, 0.1) is 0 Å². The number of nitrogens with one attached hydrogen (secondary N) is 1. The van der Waals surface area contributed by atoms with Crippen LogP contribution in [0.1, 0.15) is 44.1 Å². The molecule has 1 aromatic carbocycles. The van der Waals surface area contributed by atoms with Crippen molar-refractivity contribution < 1.29 is 18.0 Å². The summed E-state index contributed by atoms with van der Waals surface area (Å²) >= 11 is -1.39. The number of amides is 1. The molecule has 1 aliphatic carbocycles. The molecule has 1 aromatic rings. The highest BCUT2D eigenvalue weighted by molar-refractivity contribution is 7.79. The van der Waals surface area contributed by atoms with E-state index in [0.29, 0.717) is 12.5 Å². The molecule has 3 rings (SSSR count). The van der Waals surface area contributed by atoms with Gasteiger partial charge in [-0.1, -0.05) is 30.3 Å². The van der Waals surface area contributed by atoms with Crippen molar-refractivity contribution in [3.05, 3.63) is 35.9 Å². The van der Waals surface area contributed by atoms with Crippen molar-refractivity contribution in [1.82, 2.24) is 10.4 Å². The number of hydroxylamine groups is 1. The standard InChI is InChI=1S/C19H28N2O4S/c1-14(22)21-10-6-9-18(20-25-26(2)23)19(21)13-24-17-11-16(12-17)15-7-4-3-5-8-15/h3-5,7-8,16-20H,6,9-13H2,1-2H3/t16?,17?,18-,19-,26?/m0/s1. The van der Waals surface area contributed by atoms with Gasteiger partial charge in [0.1, 0.15) is 0 Å². The molecule has 0 bridgehead atoms. The van der Waals surface area contributed by atoms with Gasteiger partial charge in [-0.3, -0.25) is 4.79 Å². The van der Waals surface area contributed by atoms with Gasteiger partial charge in [0.15, 0.2) is 11.1 Å². The highest BCUT2D eigenvalue weighted by atomic mass is 32.2. The fraction of sp³-hybridized carbons (Fsp3) is 0.632. The molecule has 0 aromatic heterocycles. The van der Waals surface area contributed by atoms with Gasteiger partial charge >= 0.3 is 0 Å². The highest BCUT2D eigenvalue weighted by Crippen LogP contribution is 2.38. The first-order chi connectivity index (χ1) is 12.5. The lowest BCUT2D eigenvalue weighted by Crippen LogP contribution is -2.58. The van der Waals surface area contributed by atoms with Crippen molar-refractivity contribution in [3.63, 3.8) is 0 Å². The third kappa shape index (κ3) is 4.91. The van der Waals surface area contributed by atoms with Crippen LogP contribution in [0.3, 0.4) is 0 Å². The largest absolute Gasteiger partial charge is 0.376 e. The van der Waals surface area contributed by atoms with Crippen molar-refractivity contribution in [3.8, 4) is 0 Å². The molecule has 6 nitrogen and oxygen atoms in total. The molecule has 2 aliphatic rings. The first-order valence-corrected chi connectivity index (χ1v) is 10.7. The van der Waals surface area contributed by atoms with Crippen molar-refractivity contribution in [2.24, 2.45) is 0 Å². The Bertz CT molecular complexity index is 621. The first-order valence-electron chi connectivity index (χ1n) is 9.24. The van der Waals surface area contributed by atoms with E-state index in [1.807, 2.05) is 11.0 Å². The predicted octanol–water partition coefficient (Wildman–Crippen LogP) is 2.14. The van der Waals surface area contributed by atoms with Crippen LogP contribution in [0.4, 0.5) is 0 Å². The van der Waals surface area contributed by atoms with Crippen LogP contribution in [-0.4, -0.2) is 52.6 Å². The molecule has 26 heavy (non-hydrogen) atoms. The summed E-state index contributed by atoms with van der Waals surface area (Å²) in [7, 11) is 0. The minimum Gasteiger partial charge on any atom is -0.376 e. The van der Waals surface area contributed by atoms with Gasteiger partial charge in [-0.15, -0.1) is 0 Å². The Balaban J connectivity index is 1.53. The molecule has 1 aliphatic heterocycles. The summed E-state index contributed by atoms with van der Waals surface area (Å²) in [6.45, 7) is 2.79. The van der Waals surface area contributed by atoms with E-state index in [-0.39, 0.29) is 24.1 Å². The van der Waals surface area contributed by atoms with Crippen LogP contribution >= 0.6 is 0 Å². The number of likely N-dealkylation sites (tertiary alicyclic amines) is 1. The second kappa shape index (κ2) is 9.08. The molecule has 1 heterocycles. The molecule has 1 saturated heterocycles. The van der Waals surface area contributed by atoms with E-state index in [1.165, 1.54) is 11.8 Å². The van der Waals surface area contributed by atoms with Crippen molar-refractivity contribution in [2.45, 2.75) is 56.7 Å². The molecule has 2 fully saturated rings. The zero-order chi connectivity index (χ0) is 18.5. The van der Waals surface area contributed by atoms with Crippen LogP contribution in [-0.2, 0) is 24.9 Å². The van der Waals surface area contributed by atoms with Crippen molar-refractivity contribution in [1.29, 1.82) is 0 Å². The van der Waals surface area contributed by atoms with Gasteiger partial charge in [-0.05, 0) is 37.2 Å². The zero-order valence-corrected chi connectivity index (χ0v) is 16.2. The SMILES string of the molecule is CC(=O)N1CCC[C@H](NOS(C)=O)[C@@H]1COC1CC(c2ccccc2)C1. The lowest BCUT2D eigenvalue weighted by molar-refractivity contribution is -0.138. The van der Waals surface area contributed by atoms with Crippen molar-refractivity contribution >= 4 is 17.0 Å². The third-order valence-electron chi connectivity index (χ3n) is 5.37. The maximum atomic E-state index is 12.0. The smallest absolute Gasteiger partial charge is 0.219 e. The Morgan fingerprint density at radius 2 is 2.04 bits per heavy atom. The Kier molecular flexibility index (Phi) is 6.80. The lowest BCUT2D eigenvalue weighted by Gasteiger charge is -2.42. The summed E-state index contributed by atoms with van der Waals surface area (Å²) in [6.07, 6.45) is 5.51. The first kappa shape index (κ1) is 19.5. The van der Waals surface area contributed by atoms with Crippen LogP contribution in [0.25, 0.3) is 0 Å². The minimum atomic E-state index is -1.39. The van der Waals surface area contributed by atoms with Gasteiger partial charge < -0.3 is 9.64 Å². The zero-order valence-electron chi connectivity index (χ0n) is 15.4. The number of benzene rings is 1. The number of carbonyl (C=O) groups excluding carboxylic acids is 1. The van der Waals surface area contributed by atoms with Gasteiger partial charge in [-0.25, -0.2) is 8.49 Å². The summed E-state index contributed by atoms with van der Waals surface area (Å²) in [5.74, 6) is 0.606. The molecule has 7 heteroatoms. The molecule has 1 N–H and O–H groups in total. The van der Waals surface area contributed by atoms with E-state index < -0.39 is 11.1 Å². The van der Waals surface area contributed by atoms with Crippen molar-refractivity contribution in [2.75, 3.05) is 19.4 Å². The average Bonchev–Trinajstić information content (AvgIpc) is 2.59. The molecule has 144 valence electrons. The third-order valence-corrected chi connectivity index (χ3v) is 5.70. The molecule has 1 unspecified atom stereocenters. The molecular weight excluding hydrogens is 352 g/mol. The Labute approximate surface area is 157 Å². The van der Waals surface area contributed by atoms with Gasteiger partial charge in [0.2, 0.25) is 5.91 Å². The maximum Gasteiger partial charge on any atom is 0.219 e. The van der Waals surface area contributed by atoms with E-state index in [1.54, 1.807) is 6.92 Å². The molecule has 1 amide bonds. The second-order valence-corrected chi connectivity index (χ2v) is 8.13. The van der Waals surface area contributed by atoms with Crippen LogP contribution in [0.5, 0.6) is 0 Å². The fourth-order valence-corrected chi connectivity index (χ4v) is 4.11. The molecule has 1 saturated carbocycles. The molecule has 3 atom stereocenters. The summed E-state index contributed by atoms with van der Waals surface area (Å²) in [5, 5.41) is 0. The number of rotatable bonds is 7. The number of ether oxygens (including phenoxy) is 1. The van der Waals surface area contributed by atoms with E-state index in [9.17, 15) is 9.00 Å². The second-order valence-electron chi connectivity index (χ2n) is 7.17. The minimum absolute atomic E-state index is 0.0403. The van der Waals surface area contributed by atoms with Crippen LogP contribution < -0.4 is 5.48 Å². The van der Waals surface area contributed by atoms with Gasteiger partial charge in [0, 0.05) is 19.7 Å². The van der Waals surface area contributed by atoms with E-state index >= 15 is 0 Å². The number of carbonyl (C=O) groups is 1. The van der Waals surface area contributed by atoms with E-state index in [2.05, 4.69) is 29.7 Å². The maximum absolute atomic E-state index is 12.0. The summed E-state index contributed by atoms with van der Waals surface area (Å²) in [6, 6.07) is 10.4. The molecular formula is C19H28N2O4S. The molecule has 0 radical (unpaired) electrons. The number of nitrogens with zero attached hydrogens (tertiary/aromatic N) is 1. The van der Waals surface area contributed by atoms with Gasteiger partial charge in [0.25, 0.3) is 0 Å². The normalized spacial score (nSPS) is 29.8. The summed E-state index contributed by atoms with van der Waals surface area (Å²) < 4.78 is 22.4. The fourth-order valence-electron chi connectivity index (χ4n) is 3.85. The Hall–Kier alpha value is -1.28. The quantitative estimate of drug-likeness (QED) is 0.734.